The molecule has 5 nitrogen and oxygen atoms in total. The van der Waals surface area contributed by atoms with E-state index in [1.807, 2.05) is 0 Å². The fourth-order valence-corrected chi connectivity index (χ4v) is 6.95. The second-order valence-corrected chi connectivity index (χ2v) is 10.7. The summed E-state index contributed by atoms with van der Waals surface area (Å²) in [4.78, 5) is 10.6. The van der Waals surface area contributed by atoms with E-state index in [1.54, 1.807) is 5.57 Å². The minimum Gasteiger partial charge on any atom is -0.481 e. The molecule has 0 saturated heterocycles. The zero-order valence-corrected chi connectivity index (χ0v) is 22.5. The summed E-state index contributed by atoms with van der Waals surface area (Å²) in [6.07, 6.45) is 8.03. The lowest BCUT2D eigenvalue weighted by Crippen LogP contribution is -2.35. The van der Waals surface area contributed by atoms with Gasteiger partial charge in [-0.05, 0) is 79.6 Å². The molecular weight excluding hydrogens is 480 g/mol. The molecule has 0 radical (unpaired) electrons. The van der Waals surface area contributed by atoms with Gasteiger partial charge in [-0.3, -0.25) is 9.93 Å². The Morgan fingerprint density at radius 3 is 2.41 bits per heavy atom. The number of hydrogen-bond donors (Lipinski definition) is 3. The van der Waals surface area contributed by atoms with Crippen molar-refractivity contribution in [2.45, 2.75) is 63.8 Å². The van der Waals surface area contributed by atoms with Crippen LogP contribution >= 0.6 is 12.1 Å². The molecule has 1 fully saturated rings. The second kappa shape index (κ2) is 13.4. The Kier molecular flexibility index (Phi) is 10.0. The van der Waals surface area contributed by atoms with Crippen molar-refractivity contribution in [3.05, 3.63) is 83.9 Å². The zero-order valence-electron chi connectivity index (χ0n) is 21.7. The van der Waals surface area contributed by atoms with E-state index in [0.29, 0.717) is 25.0 Å². The fraction of sp³-hybridized carbons (Fsp3) is 0.452. The summed E-state index contributed by atoms with van der Waals surface area (Å²) < 4.78 is 9.30. The number of ether oxygens (including phenoxy) is 1. The quantitative estimate of drug-likeness (QED) is 0.175. The largest absolute Gasteiger partial charge is 0.481 e. The molecule has 0 aromatic heterocycles. The number of unbranched alkanes of at least 4 members (excludes halogenated alkanes) is 2. The van der Waals surface area contributed by atoms with Gasteiger partial charge in [0.2, 0.25) is 0 Å². The van der Waals surface area contributed by atoms with Crippen LogP contribution < -0.4 is 9.86 Å². The highest BCUT2D eigenvalue weighted by atomic mass is 32.2. The minimum absolute atomic E-state index is 0.105. The number of benzene rings is 2. The Morgan fingerprint density at radius 1 is 1.05 bits per heavy atom. The Labute approximate surface area is 225 Å². The van der Waals surface area contributed by atoms with Gasteiger partial charge in [0.15, 0.2) is 0 Å². The Hall–Kier alpha value is -2.38. The molecule has 6 heteroatoms. The summed E-state index contributed by atoms with van der Waals surface area (Å²) in [5.41, 5.74) is 6.68. The highest BCUT2D eigenvalue weighted by Crippen LogP contribution is 2.66. The van der Waals surface area contributed by atoms with Crippen molar-refractivity contribution in [3.63, 3.8) is 0 Å². The molecule has 0 spiro atoms. The SMILES string of the molecule is C=C(c1ccccc1)C12CCC(NSN)C1CC(CCCCOCCCCC(=O)O)=C2c1ccccc1. The van der Waals surface area contributed by atoms with Crippen molar-refractivity contribution < 1.29 is 14.6 Å². The predicted octanol–water partition coefficient (Wildman–Crippen LogP) is 6.88. The Morgan fingerprint density at radius 2 is 1.73 bits per heavy atom. The maximum atomic E-state index is 10.6. The third kappa shape index (κ3) is 6.37. The van der Waals surface area contributed by atoms with Gasteiger partial charge in [-0.2, -0.15) is 0 Å². The second-order valence-electron chi connectivity index (χ2n) is 10.3. The van der Waals surface area contributed by atoms with Crippen molar-refractivity contribution in [3.8, 4) is 0 Å². The van der Waals surface area contributed by atoms with Crippen molar-refractivity contribution >= 4 is 29.2 Å². The van der Waals surface area contributed by atoms with Crippen LogP contribution in [0.4, 0.5) is 0 Å². The van der Waals surface area contributed by atoms with Gasteiger partial charge in [-0.1, -0.05) is 72.8 Å². The number of allylic oxidation sites excluding steroid dienone is 3. The third-order valence-corrected chi connectivity index (χ3v) is 8.56. The fourth-order valence-electron chi connectivity index (χ4n) is 6.49. The van der Waals surface area contributed by atoms with Gasteiger partial charge in [0.25, 0.3) is 0 Å². The number of carboxylic acids is 1. The van der Waals surface area contributed by atoms with Crippen LogP contribution in [-0.4, -0.2) is 30.3 Å². The minimum atomic E-state index is -0.737. The third-order valence-electron chi connectivity index (χ3n) is 8.12. The summed E-state index contributed by atoms with van der Waals surface area (Å²) in [6.45, 7) is 6.10. The van der Waals surface area contributed by atoms with Gasteiger partial charge in [0, 0.05) is 43.2 Å². The maximum absolute atomic E-state index is 10.6. The highest BCUT2D eigenvalue weighted by Gasteiger charge is 2.56. The number of rotatable bonds is 15. The van der Waals surface area contributed by atoms with E-state index in [0.717, 1.165) is 51.6 Å². The molecule has 0 bridgehead atoms. The molecule has 1 saturated carbocycles. The molecule has 4 rings (SSSR count). The van der Waals surface area contributed by atoms with E-state index in [4.69, 9.17) is 21.6 Å². The molecule has 198 valence electrons. The summed E-state index contributed by atoms with van der Waals surface area (Å²) in [5.74, 6) is -0.314. The number of nitrogens with one attached hydrogen (secondary N) is 1. The smallest absolute Gasteiger partial charge is 0.303 e. The van der Waals surface area contributed by atoms with Gasteiger partial charge < -0.3 is 9.84 Å². The van der Waals surface area contributed by atoms with E-state index >= 15 is 0 Å². The molecule has 0 amide bonds. The molecule has 2 aliphatic carbocycles. The van der Waals surface area contributed by atoms with E-state index in [1.165, 1.54) is 34.4 Å². The standard InChI is InChI=1S/C31H40N2O3S/c1-23(24-12-4-2-5-13-24)31-19-18-28(33-37-32)27(31)22-26(30(31)25-14-6-3-7-15-25)16-8-10-20-36-21-11-9-17-29(34)35/h2-7,12-15,27-28,33H,1,8-11,16-22,32H2,(H,34,35). The Bertz CT molecular complexity index is 1070. The number of aliphatic carboxylic acids is 1. The van der Waals surface area contributed by atoms with Gasteiger partial charge in [-0.15, -0.1) is 0 Å². The molecule has 4 N–H and O–H groups in total. The van der Waals surface area contributed by atoms with Crippen LogP contribution in [0.2, 0.25) is 0 Å². The van der Waals surface area contributed by atoms with Crippen LogP contribution in [0.5, 0.6) is 0 Å². The first-order valence-electron chi connectivity index (χ1n) is 13.5. The summed E-state index contributed by atoms with van der Waals surface area (Å²) in [6, 6.07) is 21.9. The monoisotopic (exact) mass is 520 g/mol. The Balaban J connectivity index is 1.53. The molecule has 2 aromatic rings. The topological polar surface area (TPSA) is 84.6 Å². The molecule has 3 unspecified atom stereocenters. The maximum Gasteiger partial charge on any atom is 0.303 e. The summed E-state index contributed by atoms with van der Waals surface area (Å²) in [7, 11) is 0. The average molecular weight is 521 g/mol. The predicted molar refractivity (Wildman–Crippen MR) is 153 cm³/mol. The number of nitrogens with two attached hydrogens (primary N) is 1. The molecule has 2 aromatic carbocycles. The van der Waals surface area contributed by atoms with E-state index < -0.39 is 5.97 Å². The van der Waals surface area contributed by atoms with Crippen LogP contribution in [0.15, 0.2) is 72.8 Å². The molecular formula is C31H40N2O3S. The van der Waals surface area contributed by atoms with Crippen LogP contribution in [0.25, 0.3) is 11.1 Å². The number of hydrogen-bond acceptors (Lipinski definition) is 5. The van der Waals surface area contributed by atoms with Gasteiger partial charge in [-0.25, -0.2) is 4.72 Å². The van der Waals surface area contributed by atoms with Crippen molar-refractivity contribution in [1.29, 1.82) is 0 Å². The molecule has 3 atom stereocenters. The summed E-state index contributed by atoms with van der Waals surface area (Å²) in [5, 5.41) is 14.7. The van der Waals surface area contributed by atoms with Crippen LogP contribution in [-0.2, 0) is 9.53 Å². The van der Waals surface area contributed by atoms with Crippen molar-refractivity contribution in [1.82, 2.24) is 4.72 Å². The first-order valence-corrected chi connectivity index (χ1v) is 14.4. The highest BCUT2D eigenvalue weighted by molar-refractivity contribution is 7.95. The van der Waals surface area contributed by atoms with Crippen LogP contribution in [0.1, 0.15) is 68.9 Å². The molecule has 0 heterocycles. The molecule has 0 aliphatic heterocycles. The van der Waals surface area contributed by atoms with Gasteiger partial charge >= 0.3 is 5.97 Å². The number of carboxylic acid groups (broad SMARTS) is 1. The zero-order chi connectivity index (χ0) is 26.1. The lowest BCUT2D eigenvalue weighted by atomic mass is 9.66. The van der Waals surface area contributed by atoms with E-state index in [2.05, 4.69) is 65.4 Å². The average Bonchev–Trinajstić information content (AvgIpc) is 3.43. The van der Waals surface area contributed by atoms with E-state index in [9.17, 15) is 4.79 Å². The first-order chi connectivity index (χ1) is 18.1. The van der Waals surface area contributed by atoms with Crippen molar-refractivity contribution in [2.24, 2.45) is 16.5 Å². The number of fused-ring (bicyclic) bond motifs is 1. The lowest BCUT2D eigenvalue weighted by Gasteiger charge is -2.37. The molecule has 37 heavy (non-hydrogen) atoms. The van der Waals surface area contributed by atoms with E-state index in [-0.39, 0.29) is 11.8 Å². The summed E-state index contributed by atoms with van der Waals surface area (Å²) >= 11 is 1.24. The number of carbonyl (C=O) groups is 1. The van der Waals surface area contributed by atoms with Crippen molar-refractivity contribution in [2.75, 3.05) is 13.2 Å². The van der Waals surface area contributed by atoms with Crippen LogP contribution in [0, 0.1) is 11.3 Å². The normalized spacial score (nSPS) is 22.8. The first kappa shape index (κ1) is 27.6. The van der Waals surface area contributed by atoms with Gasteiger partial charge in [0.05, 0.1) is 0 Å². The molecule has 2 aliphatic rings. The van der Waals surface area contributed by atoms with Crippen LogP contribution in [0.3, 0.4) is 0 Å². The lowest BCUT2D eigenvalue weighted by molar-refractivity contribution is -0.137. The van der Waals surface area contributed by atoms with Gasteiger partial charge in [0.1, 0.15) is 0 Å².